The SMILES string of the molecule is COP(O)(=S)C1CCCCS1. The molecule has 0 aromatic heterocycles. The summed E-state index contributed by atoms with van der Waals surface area (Å²) in [4.78, 5) is 9.82. The summed E-state index contributed by atoms with van der Waals surface area (Å²) in [6.07, 6.45) is 3.45. The highest BCUT2D eigenvalue weighted by Gasteiger charge is 2.28. The minimum absolute atomic E-state index is 0.191. The second-order valence-electron chi connectivity index (χ2n) is 2.57. The third-order valence-corrected chi connectivity index (χ3v) is 7.35. The smallest absolute Gasteiger partial charge is 0.198 e. The minimum atomic E-state index is -2.45. The van der Waals surface area contributed by atoms with Gasteiger partial charge in [-0.1, -0.05) is 6.42 Å². The number of thioether (sulfide) groups is 1. The van der Waals surface area contributed by atoms with E-state index in [2.05, 4.69) is 0 Å². The molecule has 11 heavy (non-hydrogen) atoms. The zero-order valence-corrected chi connectivity index (χ0v) is 9.05. The molecule has 0 amide bonds. The lowest BCUT2D eigenvalue weighted by Crippen LogP contribution is -2.10. The van der Waals surface area contributed by atoms with E-state index < -0.39 is 6.49 Å². The molecule has 0 spiro atoms. The van der Waals surface area contributed by atoms with Crippen LogP contribution in [0.15, 0.2) is 0 Å². The van der Waals surface area contributed by atoms with Gasteiger partial charge in [-0.05, 0) is 30.4 Å². The van der Waals surface area contributed by atoms with Gasteiger partial charge in [0.2, 0.25) is 0 Å². The van der Waals surface area contributed by atoms with E-state index >= 15 is 0 Å². The standard InChI is InChI=1S/C6H13O2PS2/c1-8-9(7,10)6-4-2-3-5-11-6/h6H,2-5H2,1H3,(H,7,10). The second-order valence-corrected chi connectivity index (χ2v) is 7.91. The average Bonchev–Trinajstić information content (AvgIpc) is 2.06. The molecule has 5 heteroatoms. The first-order chi connectivity index (χ1) is 5.17. The van der Waals surface area contributed by atoms with E-state index in [9.17, 15) is 4.89 Å². The molecule has 2 unspecified atom stereocenters. The summed E-state index contributed by atoms with van der Waals surface area (Å²) in [6, 6.07) is 0. The predicted molar refractivity (Wildman–Crippen MR) is 53.6 cm³/mol. The molecule has 1 fully saturated rings. The Morgan fingerprint density at radius 2 is 2.36 bits per heavy atom. The van der Waals surface area contributed by atoms with Gasteiger partial charge in [0.15, 0.2) is 6.49 Å². The van der Waals surface area contributed by atoms with Crippen molar-refractivity contribution in [2.24, 2.45) is 0 Å². The van der Waals surface area contributed by atoms with Gasteiger partial charge in [0, 0.05) is 7.11 Å². The average molecular weight is 212 g/mol. The van der Waals surface area contributed by atoms with Gasteiger partial charge in [-0.3, -0.25) is 0 Å². The van der Waals surface area contributed by atoms with E-state index in [1.165, 1.54) is 20.0 Å². The van der Waals surface area contributed by atoms with Crippen molar-refractivity contribution in [3.8, 4) is 0 Å². The van der Waals surface area contributed by atoms with Crippen LogP contribution in [0, 0.1) is 0 Å². The fourth-order valence-corrected chi connectivity index (χ4v) is 5.01. The predicted octanol–water partition coefficient (Wildman–Crippen LogP) is 2.18. The van der Waals surface area contributed by atoms with Crippen LogP contribution in [0.25, 0.3) is 0 Å². The van der Waals surface area contributed by atoms with E-state index in [0.29, 0.717) is 0 Å². The maximum Gasteiger partial charge on any atom is 0.198 e. The first kappa shape index (κ1) is 10.0. The van der Waals surface area contributed by atoms with E-state index in [1.807, 2.05) is 0 Å². The topological polar surface area (TPSA) is 29.5 Å². The molecule has 2 atom stereocenters. The van der Waals surface area contributed by atoms with E-state index in [1.54, 1.807) is 11.8 Å². The summed E-state index contributed by atoms with van der Waals surface area (Å²) in [5.74, 6) is 1.12. The summed E-state index contributed by atoms with van der Waals surface area (Å²) in [5.41, 5.74) is 0. The van der Waals surface area contributed by atoms with Crippen LogP contribution in [0.4, 0.5) is 0 Å². The summed E-state index contributed by atoms with van der Waals surface area (Å²) in [7, 11) is 1.51. The maximum atomic E-state index is 9.63. The first-order valence-corrected chi connectivity index (χ1v) is 7.46. The lowest BCUT2D eigenvalue weighted by Gasteiger charge is -2.27. The molecule has 0 aromatic carbocycles. The molecule has 1 rings (SSSR count). The molecular formula is C6H13O2PS2. The second kappa shape index (κ2) is 4.24. The maximum absolute atomic E-state index is 9.63. The Hall–Kier alpha value is 0.920. The fraction of sp³-hybridized carbons (Fsp3) is 1.00. The van der Waals surface area contributed by atoms with Crippen molar-refractivity contribution in [3.63, 3.8) is 0 Å². The molecule has 1 N–H and O–H groups in total. The number of rotatable bonds is 2. The molecule has 0 radical (unpaired) electrons. The van der Waals surface area contributed by atoms with Gasteiger partial charge in [-0.25, -0.2) is 0 Å². The highest BCUT2D eigenvalue weighted by Crippen LogP contribution is 2.55. The van der Waals surface area contributed by atoms with Gasteiger partial charge in [-0.2, -0.15) is 0 Å². The van der Waals surface area contributed by atoms with Gasteiger partial charge in [0.25, 0.3) is 0 Å². The highest BCUT2D eigenvalue weighted by atomic mass is 32.5. The third-order valence-electron chi connectivity index (χ3n) is 1.78. The highest BCUT2D eigenvalue weighted by molar-refractivity contribution is 8.18. The Kier molecular flexibility index (Phi) is 3.86. The van der Waals surface area contributed by atoms with Gasteiger partial charge in [-0.15, -0.1) is 11.8 Å². The Bertz CT molecular complexity index is 168. The van der Waals surface area contributed by atoms with Gasteiger partial charge < -0.3 is 9.42 Å². The first-order valence-electron chi connectivity index (χ1n) is 3.66. The molecule has 0 saturated carbocycles. The molecule has 0 aromatic rings. The van der Waals surface area contributed by atoms with Crippen LogP contribution in [0.5, 0.6) is 0 Å². The Balaban J connectivity index is 2.51. The van der Waals surface area contributed by atoms with Crippen LogP contribution < -0.4 is 0 Å². The van der Waals surface area contributed by atoms with Crippen molar-refractivity contribution in [3.05, 3.63) is 0 Å². The van der Waals surface area contributed by atoms with Gasteiger partial charge >= 0.3 is 0 Å². The summed E-state index contributed by atoms with van der Waals surface area (Å²) in [5, 5.41) is 0. The zero-order chi connectivity index (χ0) is 8.32. The normalized spacial score (nSPS) is 31.3. The Morgan fingerprint density at radius 1 is 1.64 bits per heavy atom. The number of hydrogen-bond donors (Lipinski definition) is 1. The van der Waals surface area contributed by atoms with Crippen LogP contribution >= 0.6 is 18.3 Å². The summed E-state index contributed by atoms with van der Waals surface area (Å²) >= 11 is 6.75. The molecule has 1 heterocycles. The quantitative estimate of drug-likeness (QED) is 0.710. The van der Waals surface area contributed by atoms with Crippen LogP contribution in [0.1, 0.15) is 19.3 Å². The van der Waals surface area contributed by atoms with Gasteiger partial charge in [0.05, 0.1) is 4.99 Å². The molecule has 1 saturated heterocycles. The minimum Gasteiger partial charge on any atom is -0.344 e. The van der Waals surface area contributed by atoms with Crippen molar-refractivity contribution in [2.45, 2.75) is 24.3 Å². The van der Waals surface area contributed by atoms with E-state index in [-0.39, 0.29) is 4.99 Å². The van der Waals surface area contributed by atoms with Crippen LogP contribution in [-0.4, -0.2) is 22.7 Å². The summed E-state index contributed by atoms with van der Waals surface area (Å²) in [6.45, 7) is -2.45. The molecule has 0 bridgehead atoms. The largest absolute Gasteiger partial charge is 0.344 e. The zero-order valence-electron chi connectivity index (χ0n) is 6.52. The molecule has 66 valence electrons. The Labute approximate surface area is 76.9 Å². The van der Waals surface area contributed by atoms with Crippen molar-refractivity contribution in [1.29, 1.82) is 0 Å². The number of hydrogen-bond acceptors (Lipinski definition) is 3. The molecule has 2 nitrogen and oxygen atoms in total. The van der Waals surface area contributed by atoms with E-state index in [0.717, 1.165) is 12.2 Å². The lowest BCUT2D eigenvalue weighted by atomic mass is 10.3. The van der Waals surface area contributed by atoms with Crippen molar-refractivity contribution >= 4 is 30.1 Å². The van der Waals surface area contributed by atoms with Crippen LogP contribution in [0.3, 0.4) is 0 Å². The molecule has 1 aliphatic heterocycles. The molecule has 0 aliphatic carbocycles. The van der Waals surface area contributed by atoms with Crippen LogP contribution in [-0.2, 0) is 16.3 Å². The summed E-state index contributed by atoms with van der Waals surface area (Å²) < 4.78 is 4.94. The Morgan fingerprint density at radius 3 is 2.82 bits per heavy atom. The van der Waals surface area contributed by atoms with Crippen LogP contribution in [0.2, 0.25) is 0 Å². The molecule has 1 aliphatic rings. The van der Waals surface area contributed by atoms with E-state index in [4.69, 9.17) is 16.3 Å². The van der Waals surface area contributed by atoms with Crippen molar-refractivity contribution in [2.75, 3.05) is 12.9 Å². The molecular weight excluding hydrogens is 199 g/mol. The monoisotopic (exact) mass is 212 g/mol. The lowest BCUT2D eigenvalue weighted by molar-refractivity contribution is 0.382. The van der Waals surface area contributed by atoms with Gasteiger partial charge in [0.1, 0.15) is 0 Å². The fourth-order valence-electron chi connectivity index (χ4n) is 1.10. The van der Waals surface area contributed by atoms with Crippen molar-refractivity contribution < 1.29 is 9.42 Å². The third kappa shape index (κ3) is 2.71. The van der Waals surface area contributed by atoms with Crippen molar-refractivity contribution in [1.82, 2.24) is 0 Å².